The van der Waals surface area contributed by atoms with Gasteiger partial charge in [0.1, 0.15) is 4.90 Å². The highest BCUT2D eigenvalue weighted by atomic mass is 79.9. The van der Waals surface area contributed by atoms with Gasteiger partial charge in [-0.15, -0.1) is 0 Å². The number of benzene rings is 1. The molecule has 0 radical (unpaired) electrons. The largest absolute Gasteiger partial charge is 0.493 e. The van der Waals surface area contributed by atoms with Gasteiger partial charge >= 0.3 is 0 Å². The molecule has 1 aliphatic carbocycles. The van der Waals surface area contributed by atoms with Crippen LogP contribution in [-0.4, -0.2) is 28.7 Å². The summed E-state index contributed by atoms with van der Waals surface area (Å²) in [6, 6.07) is 3.06. The molecule has 0 bridgehead atoms. The third-order valence-corrected chi connectivity index (χ3v) is 7.19. The van der Waals surface area contributed by atoms with Gasteiger partial charge in [0.2, 0.25) is 10.0 Å². The summed E-state index contributed by atoms with van der Waals surface area (Å²) < 4.78 is 39.3. The Morgan fingerprint density at radius 1 is 1.13 bits per heavy atom. The number of hydrogen-bond acceptors (Lipinski definition) is 4. The van der Waals surface area contributed by atoms with Crippen molar-refractivity contribution in [1.82, 2.24) is 4.72 Å². The molecule has 0 amide bonds. The van der Waals surface area contributed by atoms with Crippen molar-refractivity contribution in [1.29, 1.82) is 0 Å². The summed E-state index contributed by atoms with van der Waals surface area (Å²) in [4.78, 5) is 0.167. The fourth-order valence-electron chi connectivity index (χ4n) is 3.05. The Bertz CT molecular complexity index is 662. The molecule has 0 spiro atoms. The lowest BCUT2D eigenvalue weighted by molar-refractivity contribution is 0.227. The summed E-state index contributed by atoms with van der Waals surface area (Å²) in [7, 11) is -0.635. The smallest absolute Gasteiger partial charge is 0.242 e. The molecule has 0 saturated heterocycles. The van der Waals surface area contributed by atoms with Gasteiger partial charge in [0, 0.05) is 16.6 Å². The van der Waals surface area contributed by atoms with E-state index in [1.165, 1.54) is 20.3 Å². The van der Waals surface area contributed by atoms with E-state index in [1.54, 1.807) is 6.07 Å². The lowest BCUT2D eigenvalue weighted by Gasteiger charge is -2.34. The number of sulfonamides is 1. The van der Waals surface area contributed by atoms with Crippen molar-refractivity contribution >= 4 is 26.0 Å². The molecular weight excluding hydrogens is 382 g/mol. The van der Waals surface area contributed by atoms with Crippen LogP contribution in [0.25, 0.3) is 0 Å². The molecule has 130 valence electrons. The van der Waals surface area contributed by atoms with E-state index in [9.17, 15) is 8.42 Å². The van der Waals surface area contributed by atoms with Crippen LogP contribution in [0, 0.1) is 11.8 Å². The molecule has 1 saturated carbocycles. The second kappa shape index (κ2) is 7.40. The van der Waals surface area contributed by atoms with Gasteiger partial charge in [-0.25, -0.2) is 13.1 Å². The Morgan fingerprint density at radius 3 is 2.35 bits per heavy atom. The normalized spacial score (nSPS) is 25.2. The molecule has 0 unspecified atom stereocenters. The zero-order valence-corrected chi connectivity index (χ0v) is 16.3. The van der Waals surface area contributed by atoms with Crippen LogP contribution in [-0.2, 0) is 10.0 Å². The van der Waals surface area contributed by atoms with E-state index in [0.717, 1.165) is 19.3 Å². The first-order valence-corrected chi connectivity index (χ1v) is 10.0. The average molecular weight is 406 g/mol. The van der Waals surface area contributed by atoms with Gasteiger partial charge in [-0.1, -0.05) is 26.7 Å². The number of halogens is 1. The summed E-state index contributed by atoms with van der Waals surface area (Å²) in [5, 5.41) is 0. The van der Waals surface area contributed by atoms with Crippen LogP contribution in [0.3, 0.4) is 0 Å². The molecular formula is C16H24BrNO4S. The minimum atomic E-state index is -3.64. The van der Waals surface area contributed by atoms with Gasteiger partial charge in [0.15, 0.2) is 11.5 Å². The minimum Gasteiger partial charge on any atom is -0.493 e. The van der Waals surface area contributed by atoms with Crippen molar-refractivity contribution in [2.24, 2.45) is 11.8 Å². The highest BCUT2D eigenvalue weighted by molar-refractivity contribution is 9.10. The van der Waals surface area contributed by atoms with Gasteiger partial charge in [0.25, 0.3) is 0 Å². The van der Waals surface area contributed by atoms with Gasteiger partial charge in [-0.05, 0) is 40.3 Å². The van der Waals surface area contributed by atoms with Crippen molar-refractivity contribution in [3.8, 4) is 11.5 Å². The van der Waals surface area contributed by atoms with E-state index in [-0.39, 0.29) is 10.9 Å². The second-order valence-corrected chi connectivity index (χ2v) is 8.67. The molecule has 7 heteroatoms. The van der Waals surface area contributed by atoms with Crippen molar-refractivity contribution in [2.75, 3.05) is 14.2 Å². The monoisotopic (exact) mass is 405 g/mol. The SMILES string of the molecule is COc1cc(Br)c(S(=O)(=O)N[C@H]2CCC[C@H](C)[C@H]2C)cc1OC. The molecule has 2 rings (SSSR count). The molecule has 1 aromatic carbocycles. The maximum atomic E-state index is 12.8. The van der Waals surface area contributed by atoms with Gasteiger partial charge < -0.3 is 9.47 Å². The third kappa shape index (κ3) is 4.00. The number of rotatable bonds is 5. The van der Waals surface area contributed by atoms with Crippen LogP contribution >= 0.6 is 15.9 Å². The fourth-order valence-corrected chi connectivity index (χ4v) is 5.45. The molecule has 1 N–H and O–H groups in total. The van der Waals surface area contributed by atoms with Crippen LogP contribution < -0.4 is 14.2 Å². The molecule has 1 aliphatic rings. The molecule has 1 fully saturated rings. The average Bonchev–Trinajstić information content (AvgIpc) is 2.51. The fraction of sp³-hybridized carbons (Fsp3) is 0.625. The van der Waals surface area contributed by atoms with Crippen LogP contribution in [0.1, 0.15) is 33.1 Å². The van der Waals surface area contributed by atoms with Crippen LogP contribution in [0.15, 0.2) is 21.5 Å². The van der Waals surface area contributed by atoms with E-state index in [0.29, 0.717) is 27.8 Å². The molecule has 0 heterocycles. The quantitative estimate of drug-likeness (QED) is 0.812. The summed E-state index contributed by atoms with van der Waals surface area (Å²) in [5.41, 5.74) is 0. The minimum absolute atomic E-state index is 0.0382. The molecule has 0 aromatic heterocycles. The topological polar surface area (TPSA) is 64.6 Å². The van der Waals surface area contributed by atoms with Crippen LogP contribution in [0.4, 0.5) is 0 Å². The molecule has 1 aromatic rings. The standard InChI is InChI=1S/C16H24BrNO4S/c1-10-6-5-7-13(11(10)2)18-23(19,20)16-9-15(22-4)14(21-3)8-12(16)17/h8-11,13,18H,5-7H2,1-4H3/t10-,11+,13-/m0/s1. The van der Waals surface area contributed by atoms with E-state index in [4.69, 9.17) is 9.47 Å². The summed E-state index contributed by atoms with van der Waals surface area (Å²) in [6.45, 7) is 4.29. The van der Waals surface area contributed by atoms with E-state index in [2.05, 4.69) is 34.5 Å². The predicted octanol–water partition coefficient (Wildman–Crippen LogP) is 3.57. The zero-order chi connectivity index (χ0) is 17.2. The van der Waals surface area contributed by atoms with Crippen molar-refractivity contribution in [3.63, 3.8) is 0 Å². The molecule has 0 aliphatic heterocycles. The van der Waals surface area contributed by atoms with Crippen molar-refractivity contribution < 1.29 is 17.9 Å². The molecule has 23 heavy (non-hydrogen) atoms. The van der Waals surface area contributed by atoms with Gasteiger partial charge in [0.05, 0.1) is 14.2 Å². The maximum absolute atomic E-state index is 12.8. The molecule has 5 nitrogen and oxygen atoms in total. The lowest BCUT2D eigenvalue weighted by atomic mass is 9.78. The third-order valence-electron chi connectivity index (χ3n) is 4.74. The first-order valence-electron chi connectivity index (χ1n) is 7.74. The van der Waals surface area contributed by atoms with E-state index < -0.39 is 10.0 Å². The van der Waals surface area contributed by atoms with Crippen molar-refractivity contribution in [2.45, 2.75) is 44.0 Å². The zero-order valence-electron chi connectivity index (χ0n) is 13.9. The Hall–Kier alpha value is -0.790. The second-order valence-electron chi connectivity index (χ2n) is 6.13. The Balaban J connectivity index is 2.32. The van der Waals surface area contributed by atoms with E-state index in [1.807, 2.05) is 0 Å². The highest BCUT2D eigenvalue weighted by Crippen LogP contribution is 2.36. The first-order chi connectivity index (χ1) is 10.8. The lowest BCUT2D eigenvalue weighted by Crippen LogP contribution is -2.43. The number of ether oxygens (including phenoxy) is 2. The Labute approximate surface area is 146 Å². The number of methoxy groups -OCH3 is 2. The maximum Gasteiger partial charge on any atom is 0.242 e. The van der Waals surface area contributed by atoms with Gasteiger partial charge in [-0.2, -0.15) is 0 Å². The number of nitrogens with one attached hydrogen (secondary N) is 1. The summed E-state index contributed by atoms with van der Waals surface area (Å²) in [6.07, 6.45) is 3.07. The van der Waals surface area contributed by atoms with Crippen LogP contribution in [0.2, 0.25) is 0 Å². The van der Waals surface area contributed by atoms with Gasteiger partial charge in [-0.3, -0.25) is 0 Å². The van der Waals surface area contributed by atoms with Crippen molar-refractivity contribution in [3.05, 3.63) is 16.6 Å². The molecule has 3 atom stereocenters. The van der Waals surface area contributed by atoms with E-state index >= 15 is 0 Å². The first kappa shape index (κ1) is 18.5. The summed E-state index contributed by atoms with van der Waals surface area (Å²) >= 11 is 3.32. The Kier molecular flexibility index (Phi) is 5.97. The van der Waals surface area contributed by atoms with Crippen LogP contribution in [0.5, 0.6) is 11.5 Å². The number of hydrogen-bond donors (Lipinski definition) is 1. The summed E-state index contributed by atoms with van der Waals surface area (Å²) in [5.74, 6) is 1.71. The Morgan fingerprint density at radius 2 is 1.74 bits per heavy atom. The predicted molar refractivity (Wildman–Crippen MR) is 93.5 cm³/mol. The highest BCUT2D eigenvalue weighted by Gasteiger charge is 2.32.